The van der Waals surface area contributed by atoms with E-state index in [0.29, 0.717) is 11.1 Å². The van der Waals surface area contributed by atoms with E-state index >= 15 is 0 Å². The van der Waals surface area contributed by atoms with Gasteiger partial charge in [-0.1, -0.05) is 47.0 Å². The minimum absolute atomic E-state index is 0.500. The van der Waals surface area contributed by atoms with Gasteiger partial charge in [0, 0.05) is 16.9 Å². The number of nitrogens with zero attached hydrogens (tertiary/aromatic N) is 2. The maximum atomic E-state index is 6.13. The first-order chi connectivity index (χ1) is 7.63. The normalized spacial score (nSPS) is 12.9. The van der Waals surface area contributed by atoms with Crippen LogP contribution in [0.15, 0.2) is 17.2 Å². The molecule has 2 nitrogen and oxygen atoms in total. The van der Waals surface area contributed by atoms with Gasteiger partial charge in [-0.2, -0.15) is 0 Å². The van der Waals surface area contributed by atoms with Crippen LogP contribution in [0.2, 0.25) is 5.15 Å². The van der Waals surface area contributed by atoms with Gasteiger partial charge >= 0.3 is 0 Å². The van der Waals surface area contributed by atoms with Gasteiger partial charge in [-0.05, 0) is 12.0 Å². The number of thiazole rings is 1. The number of rotatable bonds is 3. The molecule has 2 rings (SSSR count). The van der Waals surface area contributed by atoms with Gasteiger partial charge in [0.25, 0.3) is 0 Å². The van der Waals surface area contributed by atoms with E-state index in [-0.39, 0.29) is 0 Å². The van der Waals surface area contributed by atoms with Gasteiger partial charge in [0.1, 0.15) is 0 Å². The number of halogens is 2. The van der Waals surface area contributed by atoms with Crippen molar-refractivity contribution < 1.29 is 0 Å². The van der Waals surface area contributed by atoms with Gasteiger partial charge in [-0.3, -0.25) is 4.40 Å². The highest BCUT2D eigenvalue weighted by Gasteiger charge is 2.11. The summed E-state index contributed by atoms with van der Waals surface area (Å²) < 4.78 is 2.03. The minimum Gasteiger partial charge on any atom is -0.289 e. The second kappa shape index (κ2) is 4.90. The lowest BCUT2D eigenvalue weighted by atomic mass is 10.0. The van der Waals surface area contributed by atoms with Crippen LogP contribution < -0.4 is 0 Å². The van der Waals surface area contributed by atoms with E-state index in [1.165, 1.54) is 5.57 Å². The van der Waals surface area contributed by atoms with Crippen molar-refractivity contribution in [3.05, 3.63) is 28.0 Å². The third kappa shape index (κ3) is 2.19. The van der Waals surface area contributed by atoms with E-state index in [1.807, 2.05) is 16.0 Å². The monoisotopic (exact) mass is 318 g/mol. The van der Waals surface area contributed by atoms with Crippen molar-refractivity contribution in [2.75, 3.05) is 5.33 Å². The fourth-order valence-corrected chi connectivity index (χ4v) is 3.25. The van der Waals surface area contributed by atoms with Crippen LogP contribution in [0.25, 0.3) is 11.0 Å². The molecule has 0 aliphatic rings. The third-order valence-corrected chi connectivity index (χ3v) is 4.15. The van der Waals surface area contributed by atoms with Gasteiger partial charge in [0.2, 0.25) is 0 Å². The second-order valence-corrected chi connectivity index (χ2v) is 5.64. The molecule has 0 amide bonds. The first kappa shape index (κ1) is 12.1. The molecule has 5 heteroatoms. The minimum atomic E-state index is 0.500. The molecule has 0 bridgehead atoms. The molecule has 0 fully saturated rings. The Balaban J connectivity index is 2.53. The molecule has 0 spiro atoms. The van der Waals surface area contributed by atoms with E-state index < -0.39 is 0 Å². The molecular formula is C11H12BrClN2S. The fourth-order valence-electron chi connectivity index (χ4n) is 1.44. The molecule has 2 aromatic rings. The van der Waals surface area contributed by atoms with Crippen molar-refractivity contribution in [2.24, 2.45) is 5.92 Å². The average molecular weight is 320 g/mol. The number of alkyl halides is 1. The highest BCUT2D eigenvalue weighted by atomic mass is 79.9. The molecule has 16 heavy (non-hydrogen) atoms. The molecule has 0 aromatic carbocycles. The predicted molar refractivity (Wildman–Crippen MR) is 74.7 cm³/mol. The quantitative estimate of drug-likeness (QED) is 0.762. The van der Waals surface area contributed by atoms with Crippen LogP contribution in [0.5, 0.6) is 0 Å². The molecule has 0 radical (unpaired) electrons. The summed E-state index contributed by atoms with van der Waals surface area (Å²) in [7, 11) is 0. The zero-order valence-corrected chi connectivity index (χ0v) is 12.2. The van der Waals surface area contributed by atoms with Crippen LogP contribution in [-0.4, -0.2) is 14.7 Å². The van der Waals surface area contributed by atoms with Crippen molar-refractivity contribution in [3.63, 3.8) is 0 Å². The largest absolute Gasteiger partial charge is 0.289 e. The van der Waals surface area contributed by atoms with Crippen molar-refractivity contribution in [3.8, 4) is 0 Å². The summed E-state index contributed by atoms with van der Waals surface area (Å²) in [5, 5.41) is 3.45. The molecular weight excluding hydrogens is 308 g/mol. The van der Waals surface area contributed by atoms with Crippen LogP contribution in [0, 0.1) is 5.92 Å². The van der Waals surface area contributed by atoms with Crippen molar-refractivity contribution in [2.45, 2.75) is 13.8 Å². The highest BCUT2D eigenvalue weighted by molar-refractivity contribution is 9.09. The van der Waals surface area contributed by atoms with E-state index in [9.17, 15) is 0 Å². The van der Waals surface area contributed by atoms with Gasteiger partial charge < -0.3 is 0 Å². The molecule has 0 aliphatic heterocycles. The average Bonchev–Trinajstić information content (AvgIpc) is 2.75. The number of hydrogen-bond acceptors (Lipinski definition) is 2. The summed E-state index contributed by atoms with van der Waals surface area (Å²) in [4.78, 5) is 5.25. The van der Waals surface area contributed by atoms with Crippen LogP contribution in [0.4, 0.5) is 0 Å². The Morgan fingerprint density at radius 2 is 2.44 bits per heavy atom. The molecule has 0 N–H and O–H groups in total. The van der Waals surface area contributed by atoms with Crippen LogP contribution in [0.1, 0.15) is 19.5 Å². The van der Waals surface area contributed by atoms with E-state index in [2.05, 4.69) is 40.8 Å². The SMILES string of the molecule is CC(C)C(=Cc1c(Cl)nc2sccn12)CBr. The van der Waals surface area contributed by atoms with Crippen LogP contribution in [0.3, 0.4) is 0 Å². The Kier molecular flexibility index (Phi) is 3.72. The fraction of sp³-hybridized carbons (Fsp3) is 0.364. The summed E-state index contributed by atoms with van der Waals surface area (Å²) in [6.45, 7) is 4.35. The number of hydrogen-bond donors (Lipinski definition) is 0. The summed E-state index contributed by atoms with van der Waals surface area (Å²) in [5.74, 6) is 0.500. The highest BCUT2D eigenvalue weighted by Crippen LogP contribution is 2.25. The zero-order chi connectivity index (χ0) is 11.7. The molecule has 86 valence electrons. The number of aromatic nitrogens is 2. The van der Waals surface area contributed by atoms with Crippen LogP contribution >= 0.6 is 38.9 Å². The summed E-state index contributed by atoms with van der Waals surface area (Å²) in [5.41, 5.74) is 2.29. The van der Waals surface area contributed by atoms with Crippen molar-refractivity contribution in [1.82, 2.24) is 9.38 Å². The molecule has 2 heterocycles. The lowest BCUT2D eigenvalue weighted by Gasteiger charge is -2.07. The maximum absolute atomic E-state index is 6.13. The Morgan fingerprint density at radius 1 is 1.69 bits per heavy atom. The van der Waals surface area contributed by atoms with E-state index in [4.69, 9.17) is 11.6 Å². The Morgan fingerprint density at radius 3 is 3.06 bits per heavy atom. The standard InChI is InChI=1S/C11H12BrClN2S/c1-7(2)8(6-12)5-9-10(13)14-11-15(9)3-4-16-11/h3-5,7H,6H2,1-2H3. The summed E-state index contributed by atoms with van der Waals surface area (Å²) in [6.07, 6.45) is 4.12. The van der Waals surface area contributed by atoms with E-state index in [0.717, 1.165) is 16.0 Å². The Labute approximate surface area is 112 Å². The van der Waals surface area contributed by atoms with Crippen molar-refractivity contribution in [1.29, 1.82) is 0 Å². The molecule has 0 saturated carbocycles. The number of fused-ring (bicyclic) bond motifs is 1. The summed E-state index contributed by atoms with van der Waals surface area (Å²) >= 11 is 11.2. The number of allylic oxidation sites excluding steroid dienone is 1. The van der Waals surface area contributed by atoms with Gasteiger partial charge in [-0.15, -0.1) is 11.3 Å². The smallest absolute Gasteiger partial charge is 0.195 e. The Hall–Kier alpha value is -0.320. The zero-order valence-electron chi connectivity index (χ0n) is 9.08. The first-order valence-corrected chi connectivity index (χ1v) is 7.39. The molecule has 0 aliphatic carbocycles. The molecule has 0 unspecified atom stereocenters. The van der Waals surface area contributed by atoms with Crippen LogP contribution in [-0.2, 0) is 0 Å². The van der Waals surface area contributed by atoms with Gasteiger partial charge in [0.15, 0.2) is 10.1 Å². The molecule has 2 aromatic heterocycles. The second-order valence-electron chi connectivity index (χ2n) is 3.85. The summed E-state index contributed by atoms with van der Waals surface area (Å²) in [6, 6.07) is 0. The van der Waals surface area contributed by atoms with Gasteiger partial charge in [-0.25, -0.2) is 4.98 Å². The molecule has 0 atom stereocenters. The third-order valence-electron chi connectivity index (χ3n) is 2.47. The predicted octanol–water partition coefficient (Wildman–Crippen LogP) is 4.48. The van der Waals surface area contributed by atoms with Gasteiger partial charge in [0.05, 0.1) is 5.69 Å². The lowest BCUT2D eigenvalue weighted by Crippen LogP contribution is -1.96. The molecule has 0 saturated heterocycles. The first-order valence-electron chi connectivity index (χ1n) is 5.01. The lowest BCUT2D eigenvalue weighted by molar-refractivity contribution is 0.780. The van der Waals surface area contributed by atoms with E-state index in [1.54, 1.807) is 11.3 Å². The topological polar surface area (TPSA) is 17.3 Å². The van der Waals surface area contributed by atoms with Crippen molar-refractivity contribution >= 4 is 49.9 Å². The number of imidazole rings is 1. The maximum Gasteiger partial charge on any atom is 0.195 e. The Bertz CT molecular complexity index is 527.